The summed E-state index contributed by atoms with van der Waals surface area (Å²) < 4.78 is 4.80. The van der Waals surface area contributed by atoms with Gasteiger partial charge in [-0.1, -0.05) is 24.0 Å². The maximum absolute atomic E-state index is 13.0. The van der Waals surface area contributed by atoms with Crippen LogP contribution in [0.2, 0.25) is 0 Å². The number of H-pyrrole nitrogens is 1. The molecule has 4 rings (SSSR count). The Morgan fingerprint density at radius 3 is 2.61 bits per heavy atom. The van der Waals surface area contributed by atoms with E-state index < -0.39 is 17.9 Å². The number of carbonyl (C=O) groups excluding carboxylic acids is 3. The van der Waals surface area contributed by atoms with E-state index in [1.165, 1.54) is 18.4 Å². The van der Waals surface area contributed by atoms with Crippen LogP contribution in [0.4, 0.5) is 5.95 Å². The number of esters is 1. The molecular weight excluding hydrogens is 506 g/mol. The molecule has 1 unspecified atom stereocenters. The van der Waals surface area contributed by atoms with Crippen molar-refractivity contribution in [3.8, 4) is 11.8 Å². The van der Waals surface area contributed by atoms with Crippen LogP contribution >= 0.6 is 11.3 Å². The van der Waals surface area contributed by atoms with Gasteiger partial charge in [0.1, 0.15) is 6.04 Å². The minimum atomic E-state index is -1.09. The summed E-state index contributed by atoms with van der Waals surface area (Å²) in [6.45, 7) is 3.49. The van der Waals surface area contributed by atoms with Crippen molar-refractivity contribution < 1.29 is 19.1 Å². The molecule has 0 bridgehead atoms. The first-order valence-electron chi connectivity index (χ1n) is 11.6. The fourth-order valence-corrected chi connectivity index (χ4v) is 4.36. The predicted molar refractivity (Wildman–Crippen MR) is 143 cm³/mol. The van der Waals surface area contributed by atoms with Gasteiger partial charge in [0.05, 0.1) is 47.2 Å². The molecule has 0 spiro atoms. The monoisotopic (exact) mass is 531 g/mol. The van der Waals surface area contributed by atoms with Gasteiger partial charge in [0, 0.05) is 17.5 Å². The van der Waals surface area contributed by atoms with Crippen molar-refractivity contribution in [1.82, 2.24) is 30.8 Å². The second-order valence-corrected chi connectivity index (χ2v) is 9.07. The lowest BCUT2D eigenvalue weighted by Crippen LogP contribution is -2.49. The van der Waals surface area contributed by atoms with Gasteiger partial charge in [-0.25, -0.2) is 14.8 Å². The van der Waals surface area contributed by atoms with Gasteiger partial charge in [0.15, 0.2) is 0 Å². The van der Waals surface area contributed by atoms with Crippen LogP contribution in [-0.4, -0.2) is 64.2 Å². The lowest BCUT2D eigenvalue weighted by atomic mass is 10.1. The molecule has 2 amide bonds. The first-order valence-corrected chi connectivity index (χ1v) is 12.5. The van der Waals surface area contributed by atoms with Gasteiger partial charge in [0.25, 0.3) is 11.8 Å². The maximum atomic E-state index is 13.0. The number of hydrogen-bond donors (Lipinski definition) is 4. The summed E-state index contributed by atoms with van der Waals surface area (Å²) in [6, 6.07) is 8.06. The molecule has 1 atom stereocenters. The lowest BCUT2D eigenvalue weighted by Gasteiger charge is -2.18. The average molecular weight is 532 g/mol. The van der Waals surface area contributed by atoms with Gasteiger partial charge >= 0.3 is 5.97 Å². The summed E-state index contributed by atoms with van der Waals surface area (Å²) in [5, 5.41) is 18.0. The molecule has 0 aliphatic heterocycles. The number of rotatable bonds is 8. The molecule has 0 saturated carbocycles. The zero-order chi connectivity index (χ0) is 27.1. The van der Waals surface area contributed by atoms with E-state index in [1.54, 1.807) is 37.6 Å². The van der Waals surface area contributed by atoms with E-state index in [0.29, 0.717) is 22.2 Å². The summed E-state index contributed by atoms with van der Waals surface area (Å²) in [4.78, 5) is 46.8. The average Bonchev–Trinajstić information content (AvgIpc) is 3.61. The number of hydrogen-bond acceptors (Lipinski definition) is 9. The van der Waals surface area contributed by atoms with E-state index in [2.05, 4.69) is 48.0 Å². The molecule has 0 saturated heterocycles. The highest BCUT2D eigenvalue weighted by molar-refractivity contribution is 7.12. The zero-order valence-electron chi connectivity index (χ0n) is 20.9. The van der Waals surface area contributed by atoms with Crippen molar-refractivity contribution in [3.63, 3.8) is 0 Å². The Labute approximate surface area is 222 Å². The number of aromatic nitrogens is 4. The fraction of sp³-hybridized carbons (Fsp3) is 0.231. The molecule has 11 nitrogen and oxygen atoms in total. The number of nitrogens with one attached hydrogen (secondary N) is 4. The predicted octanol–water partition coefficient (Wildman–Crippen LogP) is 2.20. The van der Waals surface area contributed by atoms with Crippen molar-refractivity contribution in [2.45, 2.75) is 19.9 Å². The van der Waals surface area contributed by atoms with Crippen molar-refractivity contribution in [2.75, 3.05) is 25.5 Å². The molecule has 3 heterocycles. The third kappa shape index (κ3) is 6.13. The molecule has 194 valence electrons. The number of aryl methyl sites for hydroxylation is 2. The Bertz CT molecular complexity index is 1510. The second kappa shape index (κ2) is 12.0. The molecule has 4 N–H and O–H groups in total. The minimum absolute atomic E-state index is 0.140. The van der Waals surface area contributed by atoms with Gasteiger partial charge in [-0.2, -0.15) is 5.10 Å². The number of methoxy groups -OCH3 is 1. The van der Waals surface area contributed by atoms with E-state index in [-0.39, 0.29) is 24.6 Å². The van der Waals surface area contributed by atoms with Crippen LogP contribution in [0.25, 0.3) is 10.9 Å². The zero-order valence-corrected chi connectivity index (χ0v) is 21.7. The number of thiophene rings is 1. The van der Waals surface area contributed by atoms with E-state index in [0.717, 1.165) is 16.5 Å². The molecule has 0 aliphatic carbocycles. The smallest absolute Gasteiger partial charge is 0.330 e. The SMILES string of the molecule is COC(=O)C(CNC(=O)c1cccs1)NC(=O)c1c(C)nc(NCC#Cc2cccc3[nH]ncc23)nc1C. The standard InChI is InChI=1S/C26H25N7O4S/c1-15-22(24(35)32-20(25(36)37-3)14-28-23(34)21-10-6-12-38-21)16(2)31-26(30-15)27-11-5-8-17-7-4-9-19-18(17)13-29-33-19/h4,6-7,9-10,12-13,20H,11,14H2,1-3H3,(H,28,34)(H,29,33)(H,32,35)(H,27,30,31). The van der Waals surface area contributed by atoms with E-state index in [9.17, 15) is 14.4 Å². The molecule has 12 heteroatoms. The number of fused-ring (bicyclic) bond motifs is 1. The van der Waals surface area contributed by atoms with Crippen LogP contribution < -0.4 is 16.0 Å². The Balaban J connectivity index is 1.40. The molecule has 38 heavy (non-hydrogen) atoms. The molecule has 3 aromatic heterocycles. The number of amides is 2. The molecule has 0 radical (unpaired) electrons. The van der Waals surface area contributed by atoms with Gasteiger partial charge in [-0.15, -0.1) is 11.3 Å². The Kier molecular flexibility index (Phi) is 8.30. The number of carbonyl (C=O) groups is 3. The van der Waals surface area contributed by atoms with Crippen molar-refractivity contribution in [2.24, 2.45) is 0 Å². The molecule has 1 aromatic carbocycles. The number of aromatic amines is 1. The Morgan fingerprint density at radius 1 is 1.11 bits per heavy atom. The van der Waals surface area contributed by atoms with Crippen molar-refractivity contribution in [3.05, 3.63) is 69.3 Å². The largest absolute Gasteiger partial charge is 0.467 e. The lowest BCUT2D eigenvalue weighted by molar-refractivity contribution is -0.142. The van der Waals surface area contributed by atoms with Gasteiger partial charge in [-0.05, 0) is 37.4 Å². The van der Waals surface area contributed by atoms with Crippen molar-refractivity contribution >= 4 is 46.0 Å². The summed E-state index contributed by atoms with van der Waals surface area (Å²) >= 11 is 1.27. The summed E-state index contributed by atoms with van der Waals surface area (Å²) in [7, 11) is 1.21. The topological polar surface area (TPSA) is 151 Å². The van der Waals surface area contributed by atoms with Crippen LogP contribution in [0.5, 0.6) is 0 Å². The summed E-state index contributed by atoms with van der Waals surface area (Å²) in [5.41, 5.74) is 2.82. The van der Waals surface area contributed by atoms with Crippen molar-refractivity contribution in [1.29, 1.82) is 0 Å². The number of anilines is 1. The van der Waals surface area contributed by atoms with Gasteiger partial charge in [0.2, 0.25) is 5.95 Å². The quantitative estimate of drug-likeness (QED) is 0.200. The van der Waals surface area contributed by atoms with Crippen LogP contribution in [-0.2, 0) is 9.53 Å². The van der Waals surface area contributed by atoms with Crippen LogP contribution in [0.1, 0.15) is 37.0 Å². The summed E-state index contributed by atoms with van der Waals surface area (Å²) in [5.74, 6) is 4.87. The first kappa shape index (κ1) is 26.3. The number of ether oxygens (including phenoxy) is 1. The Hall–Kier alpha value is -4.76. The third-order valence-corrected chi connectivity index (χ3v) is 6.41. The normalized spacial score (nSPS) is 11.2. The Morgan fingerprint density at radius 2 is 1.89 bits per heavy atom. The number of nitrogens with zero attached hydrogens (tertiary/aromatic N) is 3. The number of benzene rings is 1. The van der Waals surface area contributed by atoms with Crippen LogP contribution in [0, 0.1) is 25.7 Å². The molecular formula is C26H25N7O4S. The minimum Gasteiger partial charge on any atom is -0.467 e. The highest BCUT2D eigenvalue weighted by Crippen LogP contribution is 2.15. The van der Waals surface area contributed by atoms with Gasteiger partial charge < -0.3 is 20.7 Å². The van der Waals surface area contributed by atoms with Crippen LogP contribution in [0.3, 0.4) is 0 Å². The highest BCUT2D eigenvalue weighted by Gasteiger charge is 2.25. The van der Waals surface area contributed by atoms with Gasteiger partial charge in [-0.3, -0.25) is 14.7 Å². The molecule has 0 fully saturated rings. The van der Waals surface area contributed by atoms with E-state index in [4.69, 9.17) is 4.74 Å². The second-order valence-electron chi connectivity index (χ2n) is 8.12. The highest BCUT2D eigenvalue weighted by atomic mass is 32.1. The molecule has 4 aromatic rings. The van der Waals surface area contributed by atoms with E-state index >= 15 is 0 Å². The molecule has 0 aliphatic rings. The maximum Gasteiger partial charge on any atom is 0.330 e. The van der Waals surface area contributed by atoms with E-state index in [1.807, 2.05) is 18.2 Å². The summed E-state index contributed by atoms with van der Waals surface area (Å²) in [6.07, 6.45) is 1.73. The third-order valence-electron chi connectivity index (χ3n) is 5.54. The first-order chi connectivity index (χ1) is 18.4. The fourth-order valence-electron chi connectivity index (χ4n) is 3.72. The van der Waals surface area contributed by atoms with Crippen LogP contribution in [0.15, 0.2) is 41.9 Å².